The number of halogens is 1. The first kappa shape index (κ1) is 14.3. The summed E-state index contributed by atoms with van der Waals surface area (Å²) in [7, 11) is 0. The number of carbonyl (C=O) groups excluding carboxylic acids is 1. The van der Waals surface area contributed by atoms with Gasteiger partial charge in [0.2, 0.25) is 0 Å². The van der Waals surface area contributed by atoms with E-state index in [1.165, 1.54) is 11.8 Å². The van der Waals surface area contributed by atoms with Crippen molar-refractivity contribution in [2.45, 2.75) is 18.7 Å². The molecule has 2 rings (SSSR count). The zero-order valence-corrected chi connectivity index (χ0v) is 13.2. The molecule has 0 unspecified atom stereocenters. The maximum Gasteiger partial charge on any atom is 0.316 e. The van der Waals surface area contributed by atoms with Gasteiger partial charge in [0.25, 0.3) is 0 Å². The van der Waals surface area contributed by atoms with Gasteiger partial charge in [0.15, 0.2) is 0 Å². The standard InChI is InChI=1S/C14H14BrNO2S/c1-3-18-13(17)8-19-12-4-5-16-14-9(2)6-10(15)7-11(12)14/h4-7H,3,8H2,1-2H3. The minimum atomic E-state index is -0.191. The van der Waals surface area contributed by atoms with E-state index in [0.717, 1.165) is 25.8 Å². The number of ether oxygens (including phenoxy) is 1. The van der Waals surface area contributed by atoms with Crippen molar-refractivity contribution in [2.75, 3.05) is 12.4 Å². The summed E-state index contributed by atoms with van der Waals surface area (Å²) in [5, 5.41) is 1.06. The molecule has 0 saturated carbocycles. The molecule has 0 aliphatic heterocycles. The van der Waals surface area contributed by atoms with Gasteiger partial charge < -0.3 is 4.74 Å². The normalized spacial score (nSPS) is 10.7. The van der Waals surface area contributed by atoms with E-state index in [0.29, 0.717) is 12.4 Å². The number of nitrogens with zero attached hydrogens (tertiary/aromatic N) is 1. The second-order valence-electron chi connectivity index (χ2n) is 4.02. The van der Waals surface area contributed by atoms with Gasteiger partial charge in [-0.25, -0.2) is 0 Å². The molecule has 2 aromatic rings. The van der Waals surface area contributed by atoms with Gasteiger partial charge in [-0.3, -0.25) is 9.78 Å². The molecule has 0 atom stereocenters. The van der Waals surface area contributed by atoms with Crippen molar-refractivity contribution in [3.63, 3.8) is 0 Å². The van der Waals surface area contributed by atoms with Gasteiger partial charge in [-0.1, -0.05) is 15.9 Å². The van der Waals surface area contributed by atoms with Gasteiger partial charge in [-0.15, -0.1) is 11.8 Å². The van der Waals surface area contributed by atoms with E-state index in [-0.39, 0.29) is 5.97 Å². The third-order valence-electron chi connectivity index (χ3n) is 2.61. The van der Waals surface area contributed by atoms with Crippen molar-refractivity contribution in [3.8, 4) is 0 Å². The fourth-order valence-corrected chi connectivity index (χ4v) is 3.23. The van der Waals surface area contributed by atoms with Crippen LogP contribution in [0.2, 0.25) is 0 Å². The fraction of sp³-hybridized carbons (Fsp3) is 0.286. The topological polar surface area (TPSA) is 39.2 Å². The Morgan fingerprint density at radius 1 is 1.47 bits per heavy atom. The Bertz CT molecular complexity index is 616. The van der Waals surface area contributed by atoms with Gasteiger partial charge in [-0.05, 0) is 37.6 Å². The highest BCUT2D eigenvalue weighted by Gasteiger charge is 2.09. The lowest BCUT2D eigenvalue weighted by atomic mass is 10.1. The SMILES string of the molecule is CCOC(=O)CSc1ccnc2c(C)cc(Br)cc12. The second kappa shape index (κ2) is 6.39. The molecule has 1 aromatic heterocycles. The van der Waals surface area contributed by atoms with Crippen LogP contribution in [0.5, 0.6) is 0 Å². The lowest BCUT2D eigenvalue weighted by Crippen LogP contribution is -2.06. The summed E-state index contributed by atoms with van der Waals surface area (Å²) < 4.78 is 5.96. The Morgan fingerprint density at radius 2 is 2.26 bits per heavy atom. The van der Waals surface area contributed by atoms with E-state index in [2.05, 4.69) is 20.9 Å². The number of fused-ring (bicyclic) bond motifs is 1. The Hall–Kier alpha value is -1.07. The Labute approximate surface area is 124 Å². The molecule has 0 saturated heterocycles. The van der Waals surface area contributed by atoms with Gasteiger partial charge >= 0.3 is 5.97 Å². The van der Waals surface area contributed by atoms with Crippen LogP contribution in [0.25, 0.3) is 10.9 Å². The van der Waals surface area contributed by atoms with Gasteiger partial charge in [0.05, 0.1) is 17.9 Å². The third-order valence-corrected chi connectivity index (χ3v) is 4.12. The lowest BCUT2D eigenvalue weighted by molar-refractivity contribution is -0.139. The Kier molecular flexibility index (Phi) is 4.82. The van der Waals surface area contributed by atoms with Crippen molar-refractivity contribution in [1.29, 1.82) is 0 Å². The van der Waals surface area contributed by atoms with E-state index >= 15 is 0 Å². The van der Waals surface area contributed by atoms with Gasteiger partial charge in [0.1, 0.15) is 0 Å². The highest BCUT2D eigenvalue weighted by Crippen LogP contribution is 2.30. The molecule has 5 heteroatoms. The van der Waals surface area contributed by atoms with Crippen LogP contribution >= 0.6 is 27.7 Å². The molecule has 0 amide bonds. The van der Waals surface area contributed by atoms with Crippen molar-refractivity contribution < 1.29 is 9.53 Å². The van der Waals surface area contributed by atoms with Crippen molar-refractivity contribution >= 4 is 44.6 Å². The monoisotopic (exact) mass is 339 g/mol. The number of rotatable bonds is 4. The molecular formula is C14H14BrNO2S. The van der Waals surface area contributed by atoms with Gasteiger partial charge in [-0.2, -0.15) is 0 Å². The zero-order valence-electron chi connectivity index (χ0n) is 10.8. The Balaban J connectivity index is 2.30. The van der Waals surface area contributed by atoms with Gasteiger partial charge in [0, 0.05) is 21.0 Å². The number of hydrogen-bond acceptors (Lipinski definition) is 4. The largest absolute Gasteiger partial charge is 0.465 e. The molecule has 0 radical (unpaired) electrons. The summed E-state index contributed by atoms with van der Waals surface area (Å²) in [6.45, 7) is 4.26. The average Bonchev–Trinajstić information content (AvgIpc) is 2.36. The molecule has 19 heavy (non-hydrogen) atoms. The summed E-state index contributed by atoms with van der Waals surface area (Å²) in [6.07, 6.45) is 1.77. The van der Waals surface area contributed by atoms with E-state index in [4.69, 9.17) is 4.74 Å². The van der Waals surface area contributed by atoms with E-state index in [1.807, 2.05) is 32.0 Å². The number of pyridine rings is 1. The zero-order chi connectivity index (χ0) is 13.8. The van der Waals surface area contributed by atoms with Crippen molar-refractivity contribution in [3.05, 3.63) is 34.4 Å². The fourth-order valence-electron chi connectivity index (χ4n) is 1.83. The number of aromatic nitrogens is 1. The van der Waals surface area contributed by atoms with Crippen molar-refractivity contribution in [1.82, 2.24) is 4.98 Å². The first-order valence-corrected chi connectivity index (χ1v) is 7.73. The molecule has 0 spiro atoms. The predicted molar refractivity (Wildman–Crippen MR) is 81.5 cm³/mol. The van der Waals surface area contributed by atoms with Crippen LogP contribution in [0.1, 0.15) is 12.5 Å². The highest BCUT2D eigenvalue weighted by atomic mass is 79.9. The molecule has 3 nitrogen and oxygen atoms in total. The van der Waals surface area contributed by atoms with Crippen molar-refractivity contribution in [2.24, 2.45) is 0 Å². The lowest BCUT2D eigenvalue weighted by Gasteiger charge is -2.08. The first-order valence-electron chi connectivity index (χ1n) is 5.95. The van der Waals surface area contributed by atoms with E-state index < -0.39 is 0 Å². The average molecular weight is 340 g/mol. The van der Waals surface area contributed by atoms with Crippen LogP contribution < -0.4 is 0 Å². The summed E-state index contributed by atoms with van der Waals surface area (Å²) in [5.74, 6) is 0.127. The maximum atomic E-state index is 11.4. The maximum absolute atomic E-state index is 11.4. The number of esters is 1. The second-order valence-corrected chi connectivity index (χ2v) is 5.95. The van der Waals surface area contributed by atoms with Crippen LogP contribution in [-0.4, -0.2) is 23.3 Å². The smallest absolute Gasteiger partial charge is 0.316 e. The molecule has 1 aromatic carbocycles. The molecule has 0 N–H and O–H groups in total. The number of hydrogen-bond donors (Lipinski definition) is 0. The molecule has 1 heterocycles. The Morgan fingerprint density at radius 3 is 3.00 bits per heavy atom. The summed E-state index contributed by atoms with van der Waals surface area (Å²) >= 11 is 4.97. The minimum absolute atomic E-state index is 0.191. The number of carbonyl (C=O) groups is 1. The van der Waals surface area contributed by atoms with E-state index in [9.17, 15) is 4.79 Å². The molecule has 0 bridgehead atoms. The quantitative estimate of drug-likeness (QED) is 0.624. The summed E-state index contributed by atoms with van der Waals surface area (Å²) in [4.78, 5) is 16.9. The number of thioether (sulfide) groups is 1. The first-order chi connectivity index (χ1) is 9.11. The molecule has 0 aliphatic carbocycles. The predicted octanol–water partition coefficient (Wildman–Crippen LogP) is 3.96. The van der Waals surface area contributed by atoms with Crippen LogP contribution in [0.3, 0.4) is 0 Å². The summed E-state index contributed by atoms with van der Waals surface area (Å²) in [6, 6.07) is 6.00. The summed E-state index contributed by atoms with van der Waals surface area (Å²) in [5.41, 5.74) is 2.08. The number of aryl methyl sites for hydroxylation is 1. The minimum Gasteiger partial charge on any atom is -0.465 e. The van der Waals surface area contributed by atoms with Crippen LogP contribution in [0.15, 0.2) is 33.8 Å². The molecule has 0 aliphatic rings. The molecule has 0 fully saturated rings. The molecule has 100 valence electrons. The van der Waals surface area contributed by atoms with Crippen LogP contribution in [-0.2, 0) is 9.53 Å². The van der Waals surface area contributed by atoms with Crippen LogP contribution in [0.4, 0.5) is 0 Å². The third kappa shape index (κ3) is 3.48. The molecular weight excluding hydrogens is 326 g/mol. The van der Waals surface area contributed by atoms with E-state index in [1.54, 1.807) is 6.20 Å². The van der Waals surface area contributed by atoms with Crippen LogP contribution in [0, 0.1) is 6.92 Å². The highest BCUT2D eigenvalue weighted by molar-refractivity contribution is 9.10. The number of benzene rings is 1.